The highest BCUT2D eigenvalue weighted by Crippen LogP contribution is 2.17. The standard InChI is InChI=1S/C13H17N5/c1-10-4-2-3-5-12(10)18-13(15-16-17-18)8-11-6-7-14-9-11/h2-5,11,14H,6-9H2,1H3. The van der Waals surface area contributed by atoms with Gasteiger partial charge in [0.15, 0.2) is 5.82 Å². The van der Waals surface area contributed by atoms with E-state index in [4.69, 9.17) is 0 Å². The van der Waals surface area contributed by atoms with E-state index < -0.39 is 0 Å². The van der Waals surface area contributed by atoms with Crippen LogP contribution in [0.2, 0.25) is 0 Å². The average molecular weight is 243 g/mol. The van der Waals surface area contributed by atoms with Gasteiger partial charge in [0.25, 0.3) is 0 Å². The van der Waals surface area contributed by atoms with E-state index in [1.807, 2.05) is 16.8 Å². The Kier molecular flexibility index (Phi) is 3.06. The van der Waals surface area contributed by atoms with Crippen LogP contribution in [0, 0.1) is 12.8 Å². The summed E-state index contributed by atoms with van der Waals surface area (Å²) in [4.78, 5) is 0. The van der Waals surface area contributed by atoms with Crippen molar-refractivity contribution in [2.24, 2.45) is 5.92 Å². The minimum atomic E-state index is 0.652. The van der Waals surface area contributed by atoms with Gasteiger partial charge in [0, 0.05) is 6.42 Å². The summed E-state index contributed by atoms with van der Waals surface area (Å²) in [6.07, 6.45) is 2.15. The number of benzene rings is 1. The molecule has 1 N–H and O–H groups in total. The quantitative estimate of drug-likeness (QED) is 0.877. The zero-order valence-corrected chi connectivity index (χ0v) is 10.5. The molecule has 5 heteroatoms. The van der Waals surface area contributed by atoms with Gasteiger partial charge in [-0.15, -0.1) is 5.10 Å². The molecule has 0 bridgehead atoms. The van der Waals surface area contributed by atoms with Crippen LogP contribution in [0.5, 0.6) is 0 Å². The minimum Gasteiger partial charge on any atom is -0.316 e. The van der Waals surface area contributed by atoms with Gasteiger partial charge in [-0.3, -0.25) is 0 Å². The van der Waals surface area contributed by atoms with E-state index in [0.29, 0.717) is 5.92 Å². The Morgan fingerprint density at radius 3 is 3.06 bits per heavy atom. The summed E-state index contributed by atoms with van der Waals surface area (Å²) in [6, 6.07) is 8.19. The number of aromatic nitrogens is 4. The van der Waals surface area contributed by atoms with E-state index in [1.165, 1.54) is 12.0 Å². The summed E-state index contributed by atoms with van der Waals surface area (Å²) in [5.41, 5.74) is 2.26. The molecule has 1 aliphatic heterocycles. The van der Waals surface area contributed by atoms with Crippen LogP contribution in [0.3, 0.4) is 0 Å². The highest BCUT2D eigenvalue weighted by atomic mass is 15.5. The Labute approximate surface area is 106 Å². The first kappa shape index (κ1) is 11.3. The Balaban J connectivity index is 1.89. The van der Waals surface area contributed by atoms with Crippen molar-refractivity contribution in [3.63, 3.8) is 0 Å². The third-order valence-corrected chi connectivity index (χ3v) is 3.51. The summed E-state index contributed by atoms with van der Waals surface area (Å²) < 4.78 is 1.87. The summed E-state index contributed by atoms with van der Waals surface area (Å²) >= 11 is 0. The molecular weight excluding hydrogens is 226 g/mol. The van der Waals surface area contributed by atoms with Crippen LogP contribution in [0.15, 0.2) is 24.3 Å². The average Bonchev–Trinajstić information content (AvgIpc) is 3.02. The zero-order valence-electron chi connectivity index (χ0n) is 10.5. The second-order valence-corrected chi connectivity index (χ2v) is 4.86. The number of tetrazole rings is 1. The Hall–Kier alpha value is -1.75. The molecule has 0 amide bonds. The molecule has 3 rings (SSSR count). The summed E-state index contributed by atoms with van der Waals surface area (Å²) in [5.74, 6) is 1.61. The van der Waals surface area contributed by atoms with E-state index in [0.717, 1.165) is 31.0 Å². The Bertz CT molecular complexity index is 528. The SMILES string of the molecule is Cc1ccccc1-n1nnnc1CC1CCNC1. The molecular formula is C13H17N5. The summed E-state index contributed by atoms with van der Waals surface area (Å²) in [5, 5.41) is 15.5. The molecule has 1 saturated heterocycles. The van der Waals surface area contributed by atoms with E-state index in [1.54, 1.807) is 0 Å². The van der Waals surface area contributed by atoms with Crippen molar-refractivity contribution >= 4 is 0 Å². The fourth-order valence-corrected chi connectivity index (χ4v) is 2.47. The maximum Gasteiger partial charge on any atom is 0.157 e. The van der Waals surface area contributed by atoms with Gasteiger partial charge in [0.05, 0.1) is 5.69 Å². The van der Waals surface area contributed by atoms with Crippen LogP contribution in [-0.4, -0.2) is 33.3 Å². The van der Waals surface area contributed by atoms with Gasteiger partial charge in [0.2, 0.25) is 0 Å². The lowest BCUT2D eigenvalue weighted by atomic mass is 10.0. The fourth-order valence-electron chi connectivity index (χ4n) is 2.47. The number of nitrogens with zero attached hydrogens (tertiary/aromatic N) is 4. The Morgan fingerprint density at radius 1 is 1.39 bits per heavy atom. The van der Waals surface area contributed by atoms with Crippen LogP contribution in [-0.2, 0) is 6.42 Å². The third-order valence-electron chi connectivity index (χ3n) is 3.51. The molecule has 1 aromatic carbocycles. The van der Waals surface area contributed by atoms with Crippen molar-refractivity contribution < 1.29 is 0 Å². The molecule has 1 atom stereocenters. The molecule has 1 fully saturated rings. The first-order valence-corrected chi connectivity index (χ1v) is 6.38. The molecule has 0 saturated carbocycles. The van der Waals surface area contributed by atoms with Crippen LogP contribution < -0.4 is 5.32 Å². The predicted molar refractivity (Wildman–Crippen MR) is 68.6 cm³/mol. The first-order chi connectivity index (χ1) is 8.84. The maximum atomic E-state index is 4.17. The molecule has 0 aliphatic carbocycles. The number of hydrogen-bond acceptors (Lipinski definition) is 4. The molecule has 2 heterocycles. The van der Waals surface area contributed by atoms with Gasteiger partial charge >= 0.3 is 0 Å². The molecule has 1 aliphatic rings. The van der Waals surface area contributed by atoms with Gasteiger partial charge in [-0.05, 0) is 54.4 Å². The van der Waals surface area contributed by atoms with Gasteiger partial charge < -0.3 is 5.32 Å². The number of aryl methyl sites for hydroxylation is 1. The van der Waals surface area contributed by atoms with E-state index in [-0.39, 0.29) is 0 Å². The molecule has 5 nitrogen and oxygen atoms in total. The van der Waals surface area contributed by atoms with E-state index in [2.05, 4.69) is 39.9 Å². The first-order valence-electron chi connectivity index (χ1n) is 6.38. The van der Waals surface area contributed by atoms with Gasteiger partial charge in [-0.2, -0.15) is 4.68 Å². The largest absolute Gasteiger partial charge is 0.316 e. The molecule has 0 spiro atoms. The van der Waals surface area contributed by atoms with Crippen molar-refractivity contribution in [1.29, 1.82) is 0 Å². The Morgan fingerprint density at radius 2 is 2.28 bits per heavy atom. The maximum absolute atomic E-state index is 4.17. The minimum absolute atomic E-state index is 0.652. The fraction of sp³-hybridized carbons (Fsp3) is 0.462. The van der Waals surface area contributed by atoms with Crippen molar-refractivity contribution in [2.45, 2.75) is 19.8 Å². The van der Waals surface area contributed by atoms with Crippen molar-refractivity contribution in [1.82, 2.24) is 25.5 Å². The number of rotatable bonds is 3. The zero-order chi connectivity index (χ0) is 12.4. The summed E-state index contributed by atoms with van der Waals surface area (Å²) in [7, 11) is 0. The normalized spacial score (nSPS) is 19.3. The van der Waals surface area contributed by atoms with Crippen molar-refractivity contribution in [3.05, 3.63) is 35.7 Å². The molecule has 18 heavy (non-hydrogen) atoms. The molecule has 2 aromatic rings. The van der Waals surface area contributed by atoms with Crippen LogP contribution in [0.1, 0.15) is 17.8 Å². The lowest BCUT2D eigenvalue weighted by Gasteiger charge is -2.10. The molecule has 1 aromatic heterocycles. The lowest BCUT2D eigenvalue weighted by Crippen LogP contribution is -2.14. The van der Waals surface area contributed by atoms with Gasteiger partial charge in [-0.25, -0.2) is 0 Å². The molecule has 94 valence electrons. The predicted octanol–water partition coefficient (Wildman–Crippen LogP) is 1.12. The highest BCUT2D eigenvalue weighted by molar-refractivity contribution is 5.39. The molecule has 0 radical (unpaired) electrons. The number of para-hydroxylation sites is 1. The van der Waals surface area contributed by atoms with Gasteiger partial charge in [0.1, 0.15) is 0 Å². The van der Waals surface area contributed by atoms with E-state index >= 15 is 0 Å². The second-order valence-electron chi connectivity index (χ2n) is 4.86. The monoisotopic (exact) mass is 243 g/mol. The van der Waals surface area contributed by atoms with Crippen molar-refractivity contribution in [2.75, 3.05) is 13.1 Å². The third kappa shape index (κ3) is 2.13. The van der Waals surface area contributed by atoms with Crippen LogP contribution in [0.4, 0.5) is 0 Å². The van der Waals surface area contributed by atoms with Gasteiger partial charge in [-0.1, -0.05) is 18.2 Å². The second kappa shape index (κ2) is 4.86. The number of nitrogens with one attached hydrogen (secondary N) is 1. The lowest BCUT2D eigenvalue weighted by molar-refractivity contribution is 0.551. The van der Waals surface area contributed by atoms with Crippen LogP contribution in [0.25, 0.3) is 5.69 Å². The highest BCUT2D eigenvalue weighted by Gasteiger charge is 2.19. The number of hydrogen-bond donors (Lipinski definition) is 1. The smallest absolute Gasteiger partial charge is 0.157 e. The van der Waals surface area contributed by atoms with Crippen molar-refractivity contribution in [3.8, 4) is 5.69 Å². The van der Waals surface area contributed by atoms with E-state index in [9.17, 15) is 0 Å². The van der Waals surface area contributed by atoms with Crippen LogP contribution >= 0.6 is 0 Å². The topological polar surface area (TPSA) is 55.6 Å². The molecule has 1 unspecified atom stereocenters. The summed E-state index contributed by atoms with van der Waals surface area (Å²) in [6.45, 7) is 4.26.